The largest absolute Gasteiger partial charge is 2.00 e. The molecule has 5 aromatic rings. The van der Waals surface area contributed by atoms with E-state index in [9.17, 15) is 10.2 Å². The molecule has 7 heteroatoms. The molecule has 1 aliphatic heterocycles. The molecule has 1 aliphatic carbocycles. The van der Waals surface area contributed by atoms with Crippen molar-refractivity contribution in [2.75, 3.05) is 7.11 Å². The van der Waals surface area contributed by atoms with Crippen molar-refractivity contribution in [2.45, 2.75) is 75.1 Å². The van der Waals surface area contributed by atoms with Gasteiger partial charge in [0.2, 0.25) is 0 Å². The van der Waals surface area contributed by atoms with Gasteiger partial charge >= 0.3 is 21.7 Å². The Labute approximate surface area is 330 Å². The monoisotopic (exact) mass is 747 g/mol. The van der Waals surface area contributed by atoms with Crippen LogP contribution in [0.5, 0.6) is 11.5 Å². The van der Waals surface area contributed by atoms with Gasteiger partial charge in [0.15, 0.2) is 5.79 Å². The minimum Gasteiger partial charge on any atom is -0.553 e. The summed E-state index contributed by atoms with van der Waals surface area (Å²) in [6.45, 7) is 7.13. The normalized spacial score (nSPS) is 17.8. The van der Waals surface area contributed by atoms with Crippen molar-refractivity contribution in [3.05, 3.63) is 187 Å². The van der Waals surface area contributed by atoms with Gasteiger partial charge in [-0.05, 0) is 60.4 Å². The van der Waals surface area contributed by atoms with Crippen LogP contribution in [0.3, 0.4) is 0 Å². The average molecular weight is 748 g/mol. The molecule has 5 aromatic carbocycles. The third-order valence-electron chi connectivity index (χ3n) is 9.39. The second kappa shape index (κ2) is 19.8. The molecule has 0 bridgehead atoms. The first-order valence-electron chi connectivity index (χ1n) is 18.0. The van der Waals surface area contributed by atoms with Crippen LogP contribution in [0.4, 0.5) is 0 Å². The first-order chi connectivity index (χ1) is 25.2. The van der Waals surface area contributed by atoms with Crippen LogP contribution in [0.25, 0.3) is 0 Å². The molecule has 0 radical (unpaired) electrons. The van der Waals surface area contributed by atoms with Gasteiger partial charge in [-0.1, -0.05) is 160 Å². The van der Waals surface area contributed by atoms with Crippen LogP contribution < -0.4 is 9.47 Å². The van der Waals surface area contributed by atoms with Crippen LogP contribution in [0.2, 0.25) is 0 Å². The molecule has 274 valence electrons. The Bertz CT molecular complexity index is 1590. The summed E-state index contributed by atoms with van der Waals surface area (Å²) in [7, 11) is 1.63. The second-order valence-electron chi connectivity index (χ2n) is 13.4. The van der Waals surface area contributed by atoms with Crippen LogP contribution in [0.1, 0.15) is 68.2 Å². The first kappa shape index (κ1) is 41.6. The van der Waals surface area contributed by atoms with Crippen molar-refractivity contribution in [3.63, 3.8) is 0 Å². The topological polar surface area (TPSA) is 77.4 Å². The number of allylic oxidation sites excluding steroid dienone is 1. The Hall–Kier alpha value is -4.14. The maximum Gasteiger partial charge on any atom is 2.00 e. The average Bonchev–Trinajstić information content (AvgIpc) is 3.90. The summed E-state index contributed by atoms with van der Waals surface area (Å²) in [4.78, 5) is 0. The van der Waals surface area contributed by atoms with E-state index in [-0.39, 0.29) is 21.7 Å². The van der Waals surface area contributed by atoms with Crippen LogP contribution in [-0.2, 0) is 42.4 Å². The van der Waals surface area contributed by atoms with Gasteiger partial charge in [-0.3, -0.25) is 0 Å². The summed E-state index contributed by atoms with van der Waals surface area (Å²) < 4.78 is 23.1. The van der Waals surface area contributed by atoms with Crippen molar-refractivity contribution in [1.82, 2.24) is 0 Å². The maximum atomic E-state index is 12.6. The zero-order chi connectivity index (χ0) is 36.9. The van der Waals surface area contributed by atoms with Gasteiger partial charge in [0, 0.05) is 0 Å². The molecule has 1 saturated carbocycles. The molecule has 0 aromatic heterocycles. The van der Waals surface area contributed by atoms with E-state index in [0.29, 0.717) is 22.3 Å². The number of hydrogen-bond acceptors (Lipinski definition) is 6. The molecule has 1 heterocycles. The first-order valence-corrected chi connectivity index (χ1v) is 18.0. The van der Waals surface area contributed by atoms with Gasteiger partial charge < -0.3 is 29.2 Å². The molecular weight excluding hydrogens is 696 g/mol. The fourth-order valence-electron chi connectivity index (χ4n) is 6.80. The number of methoxy groups -OCH3 is 1. The van der Waals surface area contributed by atoms with Gasteiger partial charge in [-0.15, -0.1) is 0 Å². The quantitative estimate of drug-likeness (QED) is 0.0889. The third-order valence-corrected chi connectivity index (χ3v) is 9.39. The zero-order valence-electron chi connectivity index (χ0n) is 30.9. The molecule has 0 unspecified atom stereocenters. The summed E-state index contributed by atoms with van der Waals surface area (Å²) >= 11 is 0. The van der Waals surface area contributed by atoms with Crippen molar-refractivity contribution >= 4 is 0 Å². The van der Waals surface area contributed by atoms with Gasteiger partial charge in [0.05, 0.1) is 7.11 Å². The van der Waals surface area contributed by atoms with E-state index >= 15 is 0 Å². The summed E-state index contributed by atoms with van der Waals surface area (Å²) in [6, 6.07) is 45.1. The molecule has 2 atom stereocenters. The van der Waals surface area contributed by atoms with E-state index in [1.807, 2.05) is 159 Å². The minimum atomic E-state index is -1.60. The Kier molecular flexibility index (Phi) is 15.5. The molecule has 2 fully saturated rings. The summed E-state index contributed by atoms with van der Waals surface area (Å²) in [5.41, 5.74) is -0.564. The molecule has 1 saturated heterocycles. The number of aliphatic hydroxyl groups is 2. The smallest absolute Gasteiger partial charge is 0.553 e. The number of rotatable bonds is 9. The number of ether oxygens (including phenoxy) is 4. The fraction of sp³-hybridized carbons (Fsp3) is 0.283. The fourth-order valence-corrected chi connectivity index (χ4v) is 6.80. The van der Waals surface area contributed by atoms with Crippen LogP contribution in [0, 0.1) is 6.92 Å². The van der Waals surface area contributed by atoms with E-state index < -0.39 is 29.2 Å². The summed E-state index contributed by atoms with van der Waals surface area (Å²) in [6.07, 6.45) is 8.74. The van der Waals surface area contributed by atoms with Crippen LogP contribution >= 0.6 is 0 Å². The van der Waals surface area contributed by atoms with Crippen LogP contribution in [0.15, 0.2) is 158 Å². The second-order valence-corrected chi connectivity index (χ2v) is 13.4. The predicted octanol–water partition coefficient (Wildman–Crippen LogP) is 9.75. The van der Waals surface area contributed by atoms with Gasteiger partial charge in [-0.2, -0.15) is 6.08 Å². The zero-order valence-corrected chi connectivity index (χ0v) is 32.5. The Morgan fingerprint density at radius 1 is 0.566 bits per heavy atom. The van der Waals surface area contributed by atoms with E-state index in [0.717, 1.165) is 11.5 Å². The van der Waals surface area contributed by atoms with Gasteiger partial charge in [-0.25, -0.2) is 6.92 Å². The molecule has 0 spiro atoms. The van der Waals surface area contributed by atoms with Crippen molar-refractivity contribution < 1.29 is 50.9 Å². The van der Waals surface area contributed by atoms with Gasteiger partial charge in [0.25, 0.3) is 0 Å². The molecule has 7 rings (SSSR count). The number of hydrogen-bond donors (Lipinski definition) is 2. The van der Waals surface area contributed by atoms with E-state index in [2.05, 4.69) is 6.92 Å². The Morgan fingerprint density at radius 3 is 1.15 bits per heavy atom. The Balaban J connectivity index is 0.000000287. The molecular formula is C46H51O6Ti+. The molecule has 53 heavy (non-hydrogen) atoms. The van der Waals surface area contributed by atoms with E-state index in [1.165, 1.54) is 38.4 Å². The minimum absolute atomic E-state index is 0. The Morgan fingerprint density at radius 2 is 0.868 bits per heavy atom. The summed E-state index contributed by atoms with van der Waals surface area (Å²) in [5, 5.41) is 25.2. The molecule has 6 nitrogen and oxygen atoms in total. The molecule has 2 N–H and O–H groups in total. The predicted molar refractivity (Wildman–Crippen MR) is 207 cm³/mol. The van der Waals surface area contributed by atoms with Crippen molar-refractivity contribution in [1.29, 1.82) is 0 Å². The van der Waals surface area contributed by atoms with Gasteiger partial charge in [0.1, 0.15) is 34.9 Å². The van der Waals surface area contributed by atoms with Crippen molar-refractivity contribution in [2.24, 2.45) is 0 Å². The maximum absolute atomic E-state index is 12.6. The molecule has 2 aliphatic rings. The SMILES string of the molecule is C1CCCC1.CC1(C)O[C@@H](C(O)(c2ccccc2)c2ccccc2)[C@H](C(O)(c2ccccc2)c2ccccc2)O1.[CH2-]/C=C/Oc1ccc(OC)cc1.[Ti+2]. The van der Waals surface area contributed by atoms with Crippen molar-refractivity contribution in [3.8, 4) is 11.5 Å². The van der Waals surface area contributed by atoms with Crippen LogP contribution in [-0.4, -0.2) is 35.3 Å². The molecule has 0 amide bonds. The standard InChI is InChI=1S/C31H30O4.C10H11O2.C5H10.Ti/c1-29(2)34-27(30(32,23-15-7-3-8-16-23)24-17-9-4-10-18-24)28(35-29)31(33,25-19-11-5-12-20-25)26-21-13-6-14-22-26;1-3-8-12-10-6-4-9(11-2)5-7-10;1-2-4-5-3-1;/h3-22,27-28,32-33H,1-2H3;3-8H,1H2,2H3;1-5H2;/q;-1;;+2/b;8-3+;;/t27-,28-;;;/m1.../s1. The van der Waals surface area contributed by atoms with E-state index in [1.54, 1.807) is 13.2 Å². The van der Waals surface area contributed by atoms with E-state index in [4.69, 9.17) is 18.9 Å². The number of benzene rings is 5. The third kappa shape index (κ3) is 10.3. The summed E-state index contributed by atoms with van der Waals surface area (Å²) in [5.74, 6) is 0.543.